The van der Waals surface area contributed by atoms with Gasteiger partial charge >= 0.3 is 0 Å². The molecule has 122 valence electrons. The van der Waals surface area contributed by atoms with E-state index in [1.165, 1.54) is 4.31 Å². The van der Waals surface area contributed by atoms with Gasteiger partial charge in [-0.2, -0.15) is 4.31 Å². The molecule has 1 saturated heterocycles. The summed E-state index contributed by atoms with van der Waals surface area (Å²) in [5.74, 6) is 0.120. The Bertz CT molecular complexity index is 628. The summed E-state index contributed by atoms with van der Waals surface area (Å²) in [6.45, 7) is 5.79. The molecule has 0 radical (unpaired) electrons. The molecule has 1 fully saturated rings. The lowest BCUT2D eigenvalue weighted by Gasteiger charge is -2.21. The predicted octanol–water partition coefficient (Wildman–Crippen LogP) is 1.77. The third-order valence-corrected chi connectivity index (χ3v) is 5.79. The van der Waals surface area contributed by atoms with E-state index in [0.29, 0.717) is 39.0 Å². The number of carbonyl (C=O) groups excluding carboxylic acids is 1. The van der Waals surface area contributed by atoms with E-state index in [9.17, 15) is 13.2 Å². The van der Waals surface area contributed by atoms with E-state index in [1.54, 1.807) is 4.90 Å². The molecule has 1 heterocycles. The zero-order valence-electron chi connectivity index (χ0n) is 13.3. The summed E-state index contributed by atoms with van der Waals surface area (Å²) >= 11 is 0. The topological polar surface area (TPSA) is 57.7 Å². The van der Waals surface area contributed by atoms with Crippen molar-refractivity contribution in [3.8, 4) is 0 Å². The number of benzene rings is 1. The third kappa shape index (κ3) is 4.30. The largest absolute Gasteiger partial charge is 0.341 e. The number of rotatable bonds is 4. The second kappa shape index (κ2) is 7.24. The highest BCUT2D eigenvalue weighted by Gasteiger charge is 2.26. The van der Waals surface area contributed by atoms with Crippen molar-refractivity contribution >= 4 is 15.9 Å². The first-order valence-electron chi connectivity index (χ1n) is 7.73. The summed E-state index contributed by atoms with van der Waals surface area (Å²) in [4.78, 5) is 13.5. The molecule has 0 bridgehead atoms. The van der Waals surface area contributed by atoms with E-state index >= 15 is 0 Å². The van der Waals surface area contributed by atoms with Crippen LogP contribution in [0.25, 0.3) is 0 Å². The lowest BCUT2D eigenvalue weighted by molar-refractivity contribution is -0.130. The van der Waals surface area contributed by atoms with Gasteiger partial charge in [0.2, 0.25) is 15.9 Å². The van der Waals surface area contributed by atoms with E-state index in [1.807, 2.05) is 38.1 Å². The number of aryl methyl sites for hydroxylation is 1. The van der Waals surface area contributed by atoms with Crippen LogP contribution in [0.15, 0.2) is 24.3 Å². The highest BCUT2D eigenvalue weighted by atomic mass is 32.2. The number of sulfonamides is 1. The molecule has 0 atom stereocenters. The minimum Gasteiger partial charge on any atom is -0.341 e. The molecular weight excluding hydrogens is 300 g/mol. The van der Waals surface area contributed by atoms with Gasteiger partial charge in [0.25, 0.3) is 0 Å². The Hall–Kier alpha value is -1.40. The van der Waals surface area contributed by atoms with Crippen LogP contribution in [0.4, 0.5) is 0 Å². The Morgan fingerprint density at radius 1 is 1.18 bits per heavy atom. The van der Waals surface area contributed by atoms with Crippen LogP contribution in [-0.2, 0) is 20.6 Å². The van der Waals surface area contributed by atoms with Gasteiger partial charge in [0, 0.05) is 32.6 Å². The van der Waals surface area contributed by atoms with Crippen LogP contribution >= 0.6 is 0 Å². The Labute approximate surface area is 133 Å². The molecule has 22 heavy (non-hydrogen) atoms. The Morgan fingerprint density at radius 3 is 2.64 bits per heavy atom. The Kier molecular flexibility index (Phi) is 5.58. The van der Waals surface area contributed by atoms with Crippen LogP contribution in [0.1, 0.15) is 30.9 Å². The fourth-order valence-electron chi connectivity index (χ4n) is 2.75. The summed E-state index contributed by atoms with van der Waals surface area (Å²) in [7, 11) is -3.34. The maximum atomic E-state index is 12.6. The van der Waals surface area contributed by atoms with Crippen molar-refractivity contribution in [3.05, 3.63) is 35.4 Å². The molecule has 1 amide bonds. The SMILES string of the molecule is CCC(=O)N1CCCN(S(=O)(=O)Cc2cccc(C)c2)CC1. The van der Waals surface area contributed by atoms with Gasteiger partial charge in [-0.1, -0.05) is 36.8 Å². The van der Waals surface area contributed by atoms with Gasteiger partial charge in [0.15, 0.2) is 0 Å². The molecular formula is C16H24N2O3S. The highest BCUT2D eigenvalue weighted by Crippen LogP contribution is 2.15. The Morgan fingerprint density at radius 2 is 1.95 bits per heavy atom. The summed E-state index contributed by atoms with van der Waals surface area (Å²) in [5, 5.41) is 0. The van der Waals surface area contributed by atoms with Gasteiger partial charge in [-0.3, -0.25) is 4.79 Å². The molecule has 0 saturated carbocycles. The summed E-state index contributed by atoms with van der Waals surface area (Å²) in [6, 6.07) is 7.58. The van der Waals surface area contributed by atoms with Crippen molar-refractivity contribution in [2.45, 2.75) is 32.4 Å². The van der Waals surface area contributed by atoms with Gasteiger partial charge in [-0.05, 0) is 18.9 Å². The molecule has 1 aliphatic rings. The molecule has 6 heteroatoms. The van der Waals surface area contributed by atoms with E-state index < -0.39 is 10.0 Å². The highest BCUT2D eigenvalue weighted by molar-refractivity contribution is 7.88. The normalized spacial score (nSPS) is 17.3. The summed E-state index contributed by atoms with van der Waals surface area (Å²) in [5.41, 5.74) is 1.87. The summed E-state index contributed by atoms with van der Waals surface area (Å²) < 4.78 is 26.7. The Balaban J connectivity index is 2.05. The first-order valence-corrected chi connectivity index (χ1v) is 9.34. The van der Waals surface area contributed by atoms with Crippen LogP contribution in [0.5, 0.6) is 0 Å². The first-order chi connectivity index (χ1) is 10.4. The van der Waals surface area contributed by atoms with E-state index in [0.717, 1.165) is 11.1 Å². The van der Waals surface area contributed by atoms with Crippen LogP contribution in [0, 0.1) is 6.92 Å². The number of hydrogen-bond acceptors (Lipinski definition) is 3. The zero-order chi connectivity index (χ0) is 16.2. The van der Waals surface area contributed by atoms with Crippen molar-refractivity contribution in [3.63, 3.8) is 0 Å². The molecule has 0 aromatic heterocycles. The van der Waals surface area contributed by atoms with Gasteiger partial charge < -0.3 is 4.90 Å². The average molecular weight is 324 g/mol. The van der Waals surface area contributed by atoms with Gasteiger partial charge in [0.1, 0.15) is 0 Å². The molecule has 0 spiro atoms. The van der Waals surface area contributed by atoms with Gasteiger partial charge in [-0.25, -0.2) is 8.42 Å². The minimum absolute atomic E-state index is 0.0242. The molecule has 5 nitrogen and oxygen atoms in total. The molecule has 0 aliphatic carbocycles. The lowest BCUT2D eigenvalue weighted by Crippen LogP contribution is -2.37. The van der Waals surface area contributed by atoms with E-state index in [-0.39, 0.29) is 11.7 Å². The third-order valence-electron chi connectivity index (χ3n) is 3.93. The fourth-order valence-corrected chi connectivity index (χ4v) is 4.30. The molecule has 1 aliphatic heterocycles. The smallest absolute Gasteiger partial charge is 0.222 e. The van der Waals surface area contributed by atoms with Crippen LogP contribution < -0.4 is 0 Å². The zero-order valence-corrected chi connectivity index (χ0v) is 14.1. The van der Waals surface area contributed by atoms with Crippen LogP contribution in [0.2, 0.25) is 0 Å². The van der Waals surface area contributed by atoms with Gasteiger partial charge in [-0.15, -0.1) is 0 Å². The van der Waals surface area contributed by atoms with E-state index in [4.69, 9.17) is 0 Å². The number of amides is 1. The van der Waals surface area contributed by atoms with Gasteiger partial charge in [0.05, 0.1) is 5.75 Å². The number of carbonyl (C=O) groups is 1. The predicted molar refractivity (Wildman–Crippen MR) is 86.9 cm³/mol. The molecule has 1 aromatic carbocycles. The van der Waals surface area contributed by atoms with Crippen molar-refractivity contribution in [2.75, 3.05) is 26.2 Å². The maximum Gasteiger partial charge on any atom is 0.222 e. The first kappa shape index (κ1) is 17.0. The quantitative estimate of drug-likeness (QED) is 0.848. The van der Waals surface area contributed by atoms with Crippen LogP contribution in [0.3, 0.4) is 0 Å². The molecule has 0 unspecified atom stereocenters. The van der Waals surface area contributed by atoms with Crippen molar-refractivity contribution in [2.24, 2.45) is 0 Å². The van der Waals surface area contributed by atoms with Crippen molar-refractivity contribution in [1.29, 1.82) is 0 Å². The van der Waals surface area contributed by atoms with Crippen LogP contribution in [-0.4, -0.2) is 49.7 Å². The number of hydrogen-bond donors (Lipinski definition) is 0. The standard InChI is InChI=1S/C16H24N2O3S/c1-3-16(19)17-8-5-9-18(11-10-17)22(20,21)13-15-7-4-6-14(2)12-15/h4,6-7,12H,3,5,8-11,13H2,1-2H3. The van der Waals surface area contributed by atoms with E-state index in [2.05, 4.69) is 0 Å². The summed E-state index contributed by atoms with van der Waals surface area (Å²) in [6.07, 6.45) is 1.16. The molecule has 2 rings (SSSR count). The molecule has 0 N–H and O–H groups in total. The second-order valence-electron chi connectivity index (χ2n) is 5.73. The minimum atomic E-state index is -3.34. The maximum absolute atomic E-state index is 12.6. The van der Waals surface area contributed by atoms with Crippen molar-refractivity contribution < 1.29 is 13.2 Å². The average Bonchev–Trinajstić information content (AvgIpc) is 2.72. The lowest BCUT2D eigenvalue weighted by atomic mass is 10.2. The fraction of sp³-hybridized carbons (Fsp3) is 0.562. The number of nitrogens with zero attached hydrogens (tertiary/aromatic N) is 2. The van der Waals surface area contributed by atoms with Crippen molar-refractivity contribution in [1.82, 2.24) is 9.21 Å². The monoisotopic (exact) mass is 324 g/mol. The second-order valence-corrected chi connectivity index (χ2v) is 7.70. The molecule has 1 aromatic rings.